The molecule has 6 heteroatoms. The summed E-state index contributed by atoms with van der Waals surface area (Å²) in [6, 6.07) is 5.41. The highest BCUT2D eigenvalue weighted by Gasteiger charge is 2.39. The molecule has 0 bridgehead atoms. The van der Waals surface area contributed by atoms with Crippen molar-refractivity contribution in [3.63, 3.8) is 0 Å². The van der Waals surface area contributed by atoms with Gasteiger partial charge in [-0.15, -0.1) is 0 Å². The SMILES string of the molecule is OC1COC(Oc2ccc3c(c2)CCCO3)C(O)C1O. The third-order valence-electron chi connectivity index (χ3n) is 3.59. The van der Waals surface area contributed by atoms with Crippen molar-refractivity contribution >= 4 is 0 Å². The van der Waals surface area contributed by atoms with Crippen molar-refractivity contribution in [3.8, 4) is 11.5 Å². The summed E-state index contributed by atoms with van der Waals surface area (Å²) in [6.07, 6.45) is -2.76. The van der Waals surface area contributed by atoms with Gasteiger partial charge in [0.05, 0.1) is 13.2 Å². The quantitative estimate of drug-likeness (QED) is 0.698. The van der Waals surface area contributed by atoms with Crippen LogP contribution in [-0.4, -0.2) is 53.1 Å². The average Bonchev–Trinajstić information content (AvgIpc) is 2.48. The Morgan fingerprint density at radius 1 is 1.15 bits per heavy atom. The van der Waals surface area contributed by atoms with Crippen LogP contribution >= 0.6 is 0 Å². The molecule has 0 radical (unpaired) electrons. The molecule has 110 valence electrons. The van der Waals surface area contributed by atoms with Crippen LogP contribution in [0, 0.1) is 0 Å². The van der Waals surface area contributed by atoms with Crippen LogP contribution < -0.4 is 9.47 Å². The van der Waals surface area contributed by atoms with Gasteiger partial charge >= 0.3 is 0 Å². The number of aryl methyl sites for hydroxylation is 1. The summed E-state index contributed by atoms with van der Waals surface area (Å²) in [6.45, 7) is 0.651. The van der Waals surface area contributed by atoms with Crippen LogP contribution in [0.25, 0.3) is 0 Å². The number of aliphatic hydroxyl groups excluding tert-OH is 3. The molecular formula is C14H18O6. The van der Waals surface area contributed by atoms with Crippen molar-refractivity contribution < 1.29 is 29.5 Å². The predicted molar refractivity (Wildman–Crippen MR) is 68.6 cm³/mol. The zero-order valence-electron chi connectivity index (χ0n) is 10.9. The molecule has 1 fully saturated rings. The third kappa shape index (κ3) is 2.60. The highest BCUT2D eigenvalue weighted by Crippen LogP contribution is 2.30. The highest BCUT2D eigenvalue weighted by molar-refractivity contribution is 5.41. The maximum absolute atomic E-state index is 9.82. The predicted octanol–water partition coefficient (Wildman–Crippen LogP) is -0.171. The van der Waals surface area contributed by atoms with E-state index in [1.165, 1.54) is 0 Å². The molecule has 0 aliphatic carbocycles. The van der Waals surface area contributed by atoms with E-state index in [-0.39, 0.29) is 6.61 Å². The normalized spacial score (nSPS) is 33.1. The van der Waals surface area contributed by atoms with E-state index >= 15 is 0 Å². The van der Waals surface area contributed by atoms with Crippen molar-refractivity contribution in [2.45, 2.75) is 37.4 Å². The van der Waals surface area contributed by atoms with Gasteiger partial charge in [0.2, 0.25) is 6.29 Å². The Labute approximate surface area is 116 Å². The Balaban J connectivity index is 1.71. The minimum Gasteiger partial charge on any atom is -0.493 e. The minimum atomic E-state index is -1.29. The summed E-state index contributed by atoms with van der Waals surface area (Å²) in [5, 5.41) is 28.8. The van der Waals surface area contributed by atoms with Gasteiger partial charge in [-0.2, -0.15) is 0 Å². The monoisotopic (exact) mass is 282 g/mol. The van der Waals surface area contributed by atoms with E-state index in [2.05, 4.69) is 0 Å². The van der Waals surface area contributed by atoms with E-state index in [1.807, 2.05) is 12.1 Å². The van der Waals surface area contributed by atoms with Crippen LogP contribution in [0.2, 0.25) is 0 Å². The summed E-state index contributed by atoms with van der Waals surface area (Å²) in [4.78, 5) is 0. The summed E-state index contributed by atoms with van der Waals surface area (Å²) >= 11 is 0. The standard InChI is InChI=1S/C14H18O6/c15-10-7-19-14(13(17)12(10)16)20-9-3-4-11-8(6-9)2-1-5-18-11/h3-4,6,10,12-17H,1-2,5,7H2. The van der Waals surface area contributed by atoms with Crippen molar-refractivity contribution in [1.82, 2.24) is 0 Å². The maximum Gasteiger partial charge on any atom is 0.228 e. The van der Waals surface area contributed by atoms with E-state index < -0.39 is 24.6 Å². The van der Waals surface area contributed by atoms with Crippen LogP contribution in [0.1, 0.15) is 12.0 Å². The van der Waals surface area contributed by atoms with Gasteiger partial charge in [0.25, 0.3) is 0 Å². The lowest BCUT2D eigenvalue weighted by atomic mass is 10.1. The molecule has 4 unspecified atom stereocenters. The van der Waals surface area contributed by atoms with Gasteiger partial charge in [0.15, 0.2) is 0 Å². The molecule has 2 aliphatic heterocycles. The number of rotatable bonds is 2. The number of hydrogen-bond acceptors (Lipinski definition) is 6. The fraction of sp³-hybridized carbons (Fsp3) is 0.571. The van der Waals surface area contributed by atoms with Gasteiger partial charge in [0, 0.05) is 0 Å². The van der Waals surface area contributed by atoms with Crippen molar-refractivity contribution in [2.24, 2.45) is 0 Å². The fourth-order valence-electron chi connectivity index (χ4n) is 2.43. The molecule has 1 saturated heterocycles. The molecular weight excluding hydrogens is 264 g/mol. The van der Waals surface area contributed by atoms with Crippen LogP contribution in [0.4, 0.5) is 0 Å². The largest absolute Gasteiger partial charge is 0.493 e. The highest BCUT2D eigenvalue weighted by atomic mass is 16.7. The Kier molecular flexibility index (Phi) is 3.80. The zero-order valence-corrected chi connectivity index (χ0v) is 10.9. The van der Waals surface area contributed by atoms with Crippen molar-refractivity contribution in [3.05, 3.63) is 23.8 Å². The number of aliphatic hydroxyl groups is 3. The Bertz CT molecular complexity index is 477. The average molecular weight is 282 g/mol. The third-order valence-corrected chi connectivity index (χ3v) is 3.59. The van der Waals surface area contributed by atoms with Crippen molar-refractivity contribution in [1.29, 1.82) is 0 Å². The van der Waals surface area contributed by atoms with Gasteiger partial charge in [-0.05, 0) is 36.6 Å². The topological polar surface area (TPSA) is 88.4 Å². The molecule has 0 spiro atoms. The molecule has 0 amide bonds. The smallest absolute Gasteiger partial charge is 0.228 e. The van der Waals surface area contributed by atoms with E-state index in [0.717, 1.165) is 30.8 Å². The first-order chi connectivity index (χ1) is 9.65. The Morgan fingerprint density at radius 3 is 2.85 bits per heavy atom. The lowest BCUT2D eigenvalue weighted by Gasteiger charge is -2.35. The van der Waals surface area contributed by atoms with E-state index in [1.54, 1.807) is 6.07 Å². The molecule has 0 aromatic heterocycles. The molecule has 2 aliphatic rings. The van der Waals surface area contributed by atoms with E-state index in [4.69, 9.17) is 14.2 Å². The van der Waals surface area contributed by atoms with Crippen molar-refractivity contribution in [2.75, 3.05) is 13.2 Å². The number of hydrogen-bond donors (Lipinski definition) is 3. The molecule has 0 saturated carbocycles. The second-order valence-electron chi connectivity index (χ2n) is 5.09. The van der Waals surface area contributed by atoms with Gasteiger partial charge in [-0.25, -0.2) is 0 Å². The maximum atomic E-state index is 9.82. The fourth-order valence-corrected chi connectivity index (χ4v) is 2.43. The summed E-state index contributed by atoms with van der Waals surface area (Å²) < 4.78 is 16.3. The Hall–Kier alpha value is -1.34. The van der Waals surface area contributed by atoms with Gasteiger partial charge in [-0.3, -0.25) is 0 Å². The lowest BCUT2D eigenvalue weighted by Crippen LogP contribution is -2.54. The minimum absolute atomic E-state index is 0.0725. The summed E-state index contributed by atoms with van der Waals surface area (Å²) in [5.41, 5.74) is 1.06. The Morgan fingerprint density at radius 2 is 2.00 bits per heavy atom. The molecule has 20 heavy (non-hydrogen) atoms. The molecule has 1 aromatic carbocycles. The summed E-state index contributed by atoms with van der Waals surface area (Å²) in [5.74, 6) is 1.39. The molecule has 3 rings (SSSR count). The lowest BCUT2D eigenvalue weighted by molar-refractivity contribution is -0.242. The van der Waals surface area contributed by atoms with Crippen LogP contribution in [0.5, 0.6) is 11.5 Å². The van der Waals surface area contributed by atoms with Gasteiger partial charge < -0.3 is 29.5 Å². The van der Waals surface area contributed by atoms with Gasteiger partial charge in [-0.1, -0.05) is 0 Å². The number of benzene rings is 1. The second-order valence-corrected chi connectivity index (χ2v) is 5.09. The van der Waals surface area contributed by atoms with Gasteiger partial charge in [0.1, 0.15) is 29.8 Å². The molecule has 2 heterocycles. The van der Waals surface area contributed by atoms with Crippen LogP contribution in [0.3, 0.4) is 0 Å². The first kappa shape index (κ1) is 13.6. The first-order valence-corrected chi connectivity index (χ1v) is 6.73. The molecule has 6 nitrogen and oxygen atoms in total. The molecule has 4 atom stereocenters. The first-order valence-electron chi connectivity index (χ1n) is 6.73. The molecule has 1 aromatic rings. The number of fused-ring (bicyclic) bond motifs is 1. The van der Waals surface area contributed by atoms with Crippen LogP contribution in [-0.2, 0) is 11.2 Å². The van der Waals surface area contributed by atoms with Crippen LogP contribution in [0.15, 0.2) is 18.2 Å². The number of ether oxygens (including phenoxy) is 3. The second kappa shape index (κ2) is 5.57. The molecule has 3 N–H and O–H groups in total. The summed E-state index contributed by atoms with van der Waals surface area (Å²) in [7, 11) is 0. The zero-order chi connectivity index (χ0) is 14.1. The van der Waals surface area contributed by atoms with E-state index in [9.17, 15) is 15.3 Å². The van der Waals surface area contributed by atoms with E-state index in [0.29, 0.717) is 5.75 Å².